The Kier molecular flexibility index (Phi) is 5.62. The van der Waals surface area contributed by atoms with Crippen molar-refractivity contribution in [1.29, 1.82) is 0 Å². The van der Waals surface area contributed by atoms with Crippen LogP contribution in [-0.4, -0.2) is 36.1 Å². The van der Waals surface area contributed by atoms with Crippen molar-refractivity contribution in [3.8, 4) is 0 Å². The molecule has 0 N–H and O–H groups in total. The van der Waals surface area contributed by atoms with Crippen molar-refractivity contribution in [2.24, 2.45) is 5.92 Å². The van der Waals surface area contributed by atoms with Crippen molar-refractivity contribution >= 4 is 11.6 Å². The number of piperidine rings is 1. The fourth-order valence-corrected chi connectivity index (χ4v) is 2.82. The summed E-state index contributed by atoms with van der Waals surface area (Å²) < 4.78 is 12.9. The molecule has 1 fully saturated rings. The smallest absolute Gasteiger partial charge is 0.166 e. The minimum absolute atomic E-state index is 0.0412. The SMILES string of the molecule is CC(=O)CCCN1CCC(C(=O)c2ccc(F)cc2)CC1. The zero-order valence-corrected chi connectivity index (χ0v) is 12.5. The van der Waals surface area contributed by atoms with Crippen molar-refractivity contribution in [2.45, 2.75) is 32.6 Å². The quantitative estimate of drug-likeness (QED) is 0.756. The summed E-state index contributed by atoms with van der Waals surface area (Å²) in [6.07, 6.45) is 3.22. The van der Waals surface area contributed by atoms with Gasteiger partial charge in [-0.25, -0.2) is 4.39 Å². The Bertz CT molecular complexity index is 490. The number of Topliss-reactive ketones (excluding diaryl/α,β-unsaturated/α-hetero) is 2. The molecule has 3 nitrogen and oxygen atoms in total. The highest BCUT2D eigenvalue weighted by Crippen LogP contribution is 2.22. The van der Waals surface area contributed by atoms with Gasteiger partial charge in [0.05, 0.1) is 0 Å². The van der Waals surface area contributed by atoms with Crippen LogP contribution in [0.2, 0.25) is 0 Å². The molecule has 0 radical (unpaired) electrons. The number of hydrogen-bond acceptors (Lipinski definition) is 3. The van der Waals surface area contributed by atoms with Crippen LogP contribution in [0.4, 0.5) is 4.39 Å². The minimum Gasteiger partial charge on any atom is -0.303 e. The van der Waals surface area contributed by atoms with E-state index in [9.17, 15) is 14.0 Å². The molecule has 0 bridgehead atoms. The van der Waals surface area contributed by atoms with Gasteiger partial charge in [0.15, 0.2) is 5.78 Å². The number of nitrogens with zero attached hydrogens (tertiary/aromatic N) is 1. The molecule has 21 heavy (non-hydrogen) atoms. The third-order valence-corrected chi connectivity index (χ3v) is 4.09. The molecule has 0 atom stereocenters. The number of carbonyl (C=O) groups is 2. The molecule has 1 heterocycles. The second-order valence-electron chi connectivity index (χ2n) is 5.79. The molecule has 114 valence electrons. The van der Waals surface area contributed by atoms with Crippen LogP contribution in [0.5, 0.6) is 0 Å². The van der Waals surface area contributed by atoms with Crippen molar-refractivity contribution in [1.82, 2.24) is 4.90 Å². The highest BCUT2D eigenvalue weighted by Gasteiger charge is 2.25. The molecule has 0 aromatic heterocycles. The van der Waals surface area contributed by atoms with Crippen LogP contribution in [0, 0.1) is 11.7 Å². The number of hydrogen-bond donors (Lipinski definition) is 0. The second-order valence-corrected chi connectivity index (χ2v) is 5.79. The molecule has 0 saturated carbocycles. The number of carbonyl (C=O) groups excluding carboxylic acids is 2. The summed E-state index contributed by atoms with van der Waals surface area (Å²) in [4.78, 5) is 25.6. The average Bonchev–Trinajstić information content (AvgIpc) is 2.48. The van der Waals surface area contributed by atoms with Gasteiger partial charge < -0.3 is 9.69 Å². The van der Waals surface area contributed by atoms with Crippen LogP contribution in [0.25, 0.3) is 0 Å². The molecule has 1 aromatic carbocycles. The lowest BCUT2D eigenvalue weighted by atomic mass is 9.89. The van der Waals surface area contributed by atoms with E-state index in [-0.39, 0.29) is 23.3 Å². The second kappa shape index (κ2) is 7.46. The third kappa shape index (κ3) is 4.74. The van der Waals surface area contributed by atoms with Gasteiger partial charge in [0.1, 0.15) is 11.6 Å². The Morgan fingerprint density at radius 1 is 1.19 bits per heavy atom. The Hall–Kier alpha value is -1.55. The topological polar surface area (TPSA) is 37.4 Å². The molecule has 0 unspecified atom stereocenters. The van der Waals surface area contributed by atoms with E-state index < -0.39 is 0 Å². The summed E-state index contributed by atoms with van der Waals surface area (Å²) in [7, 11) is 0. The maximum absolute atomic E-state index is 12.9. The van der Waals surface area contributed by atoms with E-state index in [2.05, 4.69) is 4.90 Å². The predicted molar refractivity (Wildman–Crippen MR) is 79.8 cm³/mol. The van der Waals surface area contributed by atoms with E-state index in [1.165, 1.54) is 12.1 Å². The van der Waals surface area contributed by atoms with Gasteiger partial charge in [0, 0.05) is 17.9 Å². The third-order valence-electron chi connectivity index (χ3n) is 4.09. The van der Waals surface area contributed by atoms with Crippen LogP contribution < -0.4 is 0 Å². The lowest BCUT2D eigenvalue weighted by molar-refractivity contribution is -0.117. The van der Waals surface area contributed by atoms with E-state index >= 15 is 0 Å². The lowest BCUT2D eigenvalue weighted by Gasteiger charge is -2.31. The number of rotatable bonds is 6. The maximum atomic E-state index is 12.9. The zero-order chi connectivity index (χ0) is 15.2. The zero-order valence-electron chi connectivity index (χ0n) is 12.5. The van der Waals surface area contributed by atoms with Gasteiger partial charge in [0.2, 0.25) is 0 Å². The van der Waals surface area contributed by atoms with E-state index in [4.69, 9.17) is 0 Å². The standard InChI is InChI=1S/C17H22FNO2/c1-13(20)3-2-10-19-11-8-15(9-12-19)17(21)14-4-6-16(18)7-5-14/h4-7,15H,2-3,8-12H2,1H3. The van der Waals surface area contributed by atoms with Crippen molar-refractivity contribution in [2.75, 3.05) is 19.6 Å². The van der Waals surface area contributed by atoms with E-state index in [0.717, 1.165) is 38.9 Å². The Morgan fingerprint density at radius 2 is 1.81 bits per heavy atom. The molecule has 1 aliphatic heterocycles. The van der Waals surface area contributed by atoms with Crippen LogP contribution in [0.15, 0.2) is 24.3 Å². The molecule has 1 aliphatic rings. The van der Waals surface area contributed by atoms with E-state index in [0.29, 0.717) is 12.0 Å². The Morgan fingerprint density at radius 3 is 2.38 bits per heavy atom. The molecule has 2 rings (SSSR count). The van der Waals surface area contributed by atoms with Gasteiger partial charge in [-0.2, -0.15) is 0 Å². The van der Waals surface area contributed by atoms with Gasteiger partial charge in [-0.3, -0.25) is 4.79 Å². The summed E-state index contributed by atoms with van der Waals surface area (Å²) in [5.74, 6) is 0.0844. The average molecular weight is 291 g/mol. The first-order chi connectivity index (χ1) is 10.1. The lowest BCUT2D eigenvalue weighted by Crippen LogP contribution is -2.37. The number of ketones is 2. The molecule has 0 spiro atoms. The number of benzene rings is 1. The van der Waals surface area contributed by atoms with Crippen molar-refractivity contribution in [3.63, 3.8) is 0 Å². The first kappa shape index (κ1) is 15.8. The van der Waals surface area contributed by atoms with Gasteiger partial charge in [-0.15, -0.1) is 0 Å². The molecule has 4 heteroatoms. The first-order valence-electron chi connectivity index (χ1n) is 7.58. The van der Waals surface area contributed by atoms with Crippen LogP contribution in [0.3, 0.4) is 0 Å². The normalized spacial score (nSPS) is 16.9. The number of halogens is 1. The fraction of sp³-hybridized carbons (Fsp3) is 0.529. The minimum atomic E-state index is -0.313. The molecule has 0 aliphatic carbocycles. The monoisotopic (exact) mass is 291 g/mol. The first-order valence-corrected chi connectivity index (χ1v) is 7.58. The molecule has 0 amide bonds. The highest BCUT2D eigenvalue weighted by molar-refractivity contribution is 5.97. The molecular formula is C17H22FNO2. The Labute approximate surface area is 125 Å². The van der Waals surface area contributed by atoms with Gasteiger partial charge in [0.25, 0.3) is 0 Å². The summed E-state index contributed by atoms with van der Waals surface area (Å²) in [6, 6.07) is 5.81. The van der Waals surface area contributed by atoms with Gasteiger partial charge in [-0.05, 0) is 70.1 Å². The summed E-state index contributed by atoms with van der Waals surface area (Å²) >= 11 is 0. The summed E-state index contributed by atoms with van der Waals surface area (Å²) in [5.41, 5.74) is 0.603. The molecule has 1 saturated heterocycles. The van der Waals surface area contributed by atoms with Crippen LogP contribution in [0.1, 0.15) is 43.0 Å². The fourth-order valence-electron chi connectivity index (χ4n) is 2.82. The largest absolute Gasteiger partial charge is 0.303 e. The van der Waals surface area contributed by atoms with Crippen LogP contribution >= 0.6 is 0 Å². The van der Waals surface area contributed by atoms with Crippen molar-refractivity contribution in [3.05, 3.63) is 35.6 Å². The van der Waals surface area contributed by atoms with Gasteiger partial charge in [-0.1, -0.05) is 0 Å². The Balaban J connectivity index is 1.79. The van der Waals surface area contributed by atoms with Crippen molar-refractivity contribution < 1.29 is 14.0 Å². The summed E-state index contributed by atoms with van der Waals surface area (Å²) in [6.45, 7) is 4.34. The van der Waals surface area contributed by atoms with Crippen LogP contribution in [-0.2, 0) is 4.79 Å². The highest BCUT2D eigenvalue weighted by atomic mass is 19.1. The summed E-state index contributed by atoms with van der Waals surface area (Å²) in [5, 5.41) is 0. The predicted octanol–water partition coefficient (Wildman–Crippen LogP) is 3.09. The number of likely N-dealkylation sites (tertiary alicyclic amines) is 1. The molecular weight excluding hydrogens is 269 g/mol. The molecule has 1 aromatic rings. The van der Waals surface area contributed by atoms with Gasteiger partial charge >= 0.3 is 0 Å². The van der Waals surface area contributed by atoms with E-state index in [1.54, 1.807) is 19.1 Å². The van der Waals surface area contributed by atoms with E-state index in [1.807, 2.05) is 0 Å². The maximum Gasteiger partial charge on any atom is 0.166 e.